The van der Waals surface area contributed by atoms with E-state index in [0.29, 0.717) is 52.1 Å². The van der Waals surface area contributed by atoms with E-state index in [-0.39, 0.29) is 16.8 Å². The van der Waals surface area contributed by atoms with Gasteiger partial charge in [-0.3, -0.25) is 14.5 Å². The van der Waals surface area contributed by atoms with Crippen LogP contribution in [0.3, 0.4) is 0 Å². The topological polar surface area (TPSA) is 81.9 Å². The molecular weight excluding hydrogens is 468 g/mol. The number of amides is 1. The number of para-hydroxylation sites is 1. The van der Waals surface area contributed by atoms with E-state index in [1.807, 2.05) is 19.9 Å². The molecule has 0 fully saturated rings. The SMILES string of the molecule is CCCOc1ccc([C@@H]2c3c(oc4ccccc4c3=O)C(=O)N2c2ccc(Cl)cn2)cc1OCC. The van der Waals surface area contributed by atoms with Gasteiger partial charge >= 0.3 is 0 Å². The van der Waals surface area contributed by atoms with Crippen LogP contribution in [0.2, 0.25) is 5.02 Å². The molecule has 5 rings (SSSR count). The van der Waals surface area contributed by atoms with Crippen molar-refractivity contribution in [3.63, 3.8) is 0 Å². The standard InChI is InChI=1S/C27H23ClN2O5/c1-3-13-34-20-11-9-16(14-21(20)33-4-2)24-23-25(31)18-7-5-6-8-19(18)35-26(23)27(32)30(24)22-12-10-17(28)15-29-22/h5-12,14-15,24H,3-4,13H2,1-2H3/t24-/m1/s1. The Balaban J connectivity index is 1.74. The molecule has 1 atom stereocenters. The van der Waals surface area contributed by atoms with Gasteiger partial charge in [0.1, 0.15) is 11.4 Å². The van der Waals surface area contributed by atoms with Crippen molar-refractivity contribution in [1.82, 2.24) is 4.98 Å². The van der Waals surface area contributed by atoms with E-state index in [1.165, 1.54) is 11.1 Å². The maximum absolute atomic E-state index is 13.7. The second-order valence-corrected chi connectivity index (χ2v) is 8.51. The number of pyridine rings is 1. The third-order valence-corrected chi connectivity index (χ3v) is 6.00. The van der Waals surface area contributed by atoms with Crippen molar-refractivity contribution in [2.45, 2.75) is 26.3 Å². The fraction of sp³-hybridized carbons (Fsp3) is 0.222. The largest absolute Gasteiger partial charge is 0.490 e. The van der Waals surface area contributed by atoms with E-state index in [2.05, 4.69) is 4.98 Å². The van der Waals surface area contributed by atoms with E-state index >= 15 is 0 Å². The first kappa shape index (κ1) is 22.9. The molecule has 35 heavy (non-hydrogen) atoms. The molecule has 7 nitrogen and oxygen atoms in total. The van der Waals surface area contributed by atoms with Gasteiger partial charge in [0.05, 0.1) is 35.2 Å². The lowest BCUT2D eigenvalue weighted by Gasteiger charge is -2.25. The first-order valence-corrected chi connectivity index (χ1v) is 11.8. The van der Waals surface area contributed by atoms with Gasteiger partial charge in [0.2, 0.25) is 5.76 Å². The Hall–Kier alpha value is -3.84. The highest BCUT2D eigenvalue weighted by molar-refractivity contribution is 6.30. The van der Waals surface area contributed by atoms with Crippen molar-refractivity contribution in [2.75, 3.05) is 18.1 Å². The Morgan fingerprint density at radius 1 is 1.03 bits per heavy atom. The predicted molar refractivity (Wildman–Crippen MR) is 134 cm³/mol. The van der Waals surface area contributed by atoms with Crippen LogP contribution in [0, 0.1) is 0 Å². The van der Waals surface area contributed by atoms with Gasteiger partial charge < -0.3 is 13.9 Å². The summed E-state index contributed by atoms with van der Waals surface area (Å²) in [4.78, 5) is 33.1. The van der Waals surface area contributed by atoms with E-state index < -0.39 is 11.9 Å². The van der Waals surface area contributed by atoms with E-state index in [9.17, 15) is 9.59 Å². The zero-order chi connectivity index (χ0) is 24.5. The summed E-state index contributed by atoms with van der Waals surface area (Å²) in [6.45, 7) is 4.88. The van der Waals surface area contributed by atoms with Gasteiger partial charge in [-0.25, -0.2) is 4.98 Å². The zero-order valence-corrected chi connectivity index (χ0v) is 20.0. The number of anilines is 1. The summed E-state index contributed by atoms with van der Waals surface area (Å²) in [7, 11) is 0. The molecule has 2 aromatic carbocycles. The third-order valence-electron chi connectivity index (χ3n) is 5.78. The predicted octanol–water partition coefficient (Wildman–Crippen LogP) is 5.78. The minimum Gasteiger partial charge on any atom is -0.490 e. The molecule has 2 aromatic heterocycles. The number of nitrogens with zero attached hydrogens (tertiary/aromatic N) is 2. The molecule has 0 bridgehead atoms. The monoisotopic (exact) mass is 490 g/mol. The van der Waals surface area contributed by atoms with Crippen LogP contribution in [-0.4, -0.2) is 24.1 Å². The number of fused-ring (bicyclic) bond motifs is 2. The van der Waals surface area contributed by atoms with Crippen LogP contribution >= 0.6 is 11.6 Å². The van der Waals surface area contributed by atoms with Crippen molar-refractivity contribution in [1.29, 1.82) is 0 Å². The van der Waals surface area contributed by atoms with Crippen LogP contribution < -0.4 is 19.8 Å². The van der Waals surface area contributed by atoms with Crippen molar-refractivity contribution in [3.05, 3.63) is 92.9 Å². The number of benzene rings is 2. The number of hydrogen-bond donors (Lipinski definition) is 0. The summed E-state index contributed by atoms with van der Waals surface area (Å²) in [5.74, 6) is 1.03. The molecule has 0 saturated heterocycles. The summed E-state index contributed by atoms with van der Waals surface area (Å²) >= 11 is 6.04. The summed E-state index contributed by atoms with van der Waals surface area (Å²) in [5.41, 5.74) is 1.02. The minimum atomic E-state index is -0.772. The Kier molecular flexibility index (Phi) is 6.17. The highest BCUT2D eigenvalue weighted by atomic mass is 35.5. The van der Waals surface area contributed by atoms with Crippen LogP contribution in [-0.2, 0) is 0 Å². The second kappa shape index (κ2) is 9.43. The molecule has 3 heterocycles. The zero-order valence-electron chi connectivity index (χ0n) is 19.3. The van der Waals surface area contributed by atoms with Crippen LogP contribution in [0.5, 0.6) is 11.5 Å². The lowest BCUT2D eigenvalue weighted by Crippen LogP contribution is -2.30. The lowest BCUT2D eigenvalue weighted by molar-refractivity contribution is 0.0970. The molecule has 0 saturated carbocycles. The molecule has 0 spiro atoms. The van der Waals surface area contributed by atoms with Crippen molar-refractivity contribution < 1.29 is 18.7 Å². The van der Waals surface area contributed by atoms with Crippen LogP contribution in [0.15, 0.2) is 70.0 Å². The van der Waals surface area contributed by atoms with Crippen LogP contribution in [0.1, 0.15) is 48.0 Å². The Morgan fingerprint density at radius 3 is 2.60 bits per heavy atom. The van der Waals surface area contributed by atoms with E-state index in [1.54, 1.807) is 48.5 Å². The second-order valence-electron chi connectivity index (χ2n) is 8.07. The number of halogens is 1. The highest BCUT2D eigenvalue weighted by Crippen LogP contribution is 2.43. The van der Waals surface area contributed by atoms with Gasteiger partial charge in [0, 0.05) is 6.20 Å². The van der Waals surface area contributed by atoms with Gasteiger partial charge in [-0.15, -0.1) is 0 Å². The highest BCUT2D eigenvalue weighted by Gasteiger charge is 2.44. The maximum atomic E-state index is 13.7. The van der Waals surface area contributed by atoms with Gasteiger partial charge in [-0.2, -0.15) is 0 Å². The first-order chi connectivity index (χ1) is 17.0. The molecular formula is C27H23ClN2O5. The van der Waals surface area contributed by atoms with Crippen molar-refractivity contribution in [3.8, 4) is 11.5 Å². The number of ether oxygens (including phenoxy) is 2. The fourth-order valence-electron chi connectivity index (χ4n) is 4.28. The normalized spacial score (nSPS) is 14.9. The average Bonchev–Trinajstić information content (AvgIpc) is 3.16. The van der Waals surface area contributed by atoms with Gasteiger partial charge in [-0.05, 0) is 55.3 Å². The molecule has 1 aliphatic heterocycles. The molecule has 178 valence electrons. The molecule has 0 radical (unpaired) electrons. The van der Waals surface area contributed by atoms with Crippen LogP contribution in [0.25, 0.3) is 11.0 Å². The molecule has 0 unspecified atom stereocenters. The number of carbonyl (C=O) groups is 1. The van der Waals surface area contributed by atoms with Gasteiger partial charge in [0.25, 0.3) is 5.91 Å². The Bertz CT molecular complexity index is 1470. The van der Waals surface area contributed by atoms with Gasteiger partial charge in [0.15, 0.2) is 16.9 Å². The maximum Gasteiger partial charge on any atom is 0.296 e. The Morgan fingerprint density at radius 2 is 1.86 bits per heavy atom. The van der Waals surface area contributed by atoms with Crippen molar-refractivity contribution >= 4 is 34.3 Å². The molecule has 0 N–H and O–H groups in total. The summed E-state index contributed by atoms with van der Waals surface area (Å²) in [6, 6.07) is 14.9. The van der Waals surface area contributed by atoms with E-state index in [0.717, 1.165) is 6.42 Å². The summed E-state index contributed by atoms with van der Waals surface area (Å²) in [5, 5.41) is 0.841. The average molecular weight is 491 g/mol. The molecule has 0 aliphatic carbocycles. The van der Waals surface area contributed by atoms with E-state index in [4.69, 9.17) is 25.5 Å². The third kappa shape index (κ3) is 4.02. The quantitative estimate of drug-likeness (QED) is 0.326. The number of hydrogen-bond acceptors (Lipinski definition) is 6. The molecule has 1 aliphatic rings. The summed E-state index contributed by atoms with van der Waals surface area (Å²) < 4.78 is 17.7. The first-order valence-electron chi connectivity index (χ1n) is 11.4. The number of rotatable bonds is 7. The van der Waals surface area contributed by atoms with Gasteiger partial charge in [-0.1, -0.05) is 36.7 Å². The number of aromatic nitrogens is 1. The molecule has 1 amide bonds. The number of carbonyl (C=O) groups excluding carboxylic acids is 1. The molecule has 4 aromatic rings. The fourth-order valence-corrected chi connectivity index (χ4v) is 4.39. The minimum absolute atomic E-state index is 0.000260. The Labute approximate surface area is 206 Å². The summed E-state index contributed by atoms with van der Waals surface area (Å²) in [6.07, 6.45) is 2.31. The van der Waals surface area contributed by atoms with Crippen molar-refractivity contribution in [2.24, 2.45) is 0 Å². The smallest absolute Gasteiger partial charge is 0.296 e. The van der Waals surface area contributed by atoms with Crippen LogP contribution in [0.4, 0.5) is 5.82 Å². The lowest BCUT2D eigenvalue weighted by atomic mass is 9.98. The molecule has 8 heteroatoms.